The molecule has 3 aliphatic carbocycles. The van der Waals surface area contributed by atoms with E-state index in [1.807, 2.05) is 18.2 Å². The number of fused-ring (bicyclic) bond motifs is 6. The molecule has 16 aromatic rings. The summed E-state index contributed by atoms with van der Waals surface area (Å²) in [6.07, 6.45) is 0. The van der Waals surface area contributed by atoms with Gasteiger partial charge in [0.1, 0.15) is 11.2 Å². The maximum Gasteiger partial charge on any atom is 0.238 e. The Morgan fingerprint density at radius 2 is 0.775 bits per heavy atom. The van der Waals surface area contributed by atoms with Gasteiger partial charge in [-0.25, -0.2) is 4.98 Å². The molecule has 89 heavy (non-hydrogen) atoms. The summed E-state index contributed by atoms with van der Waals surface area (Å²) < 4.78 is 8.58. The third-order valence-electron chi connectivity index (χ3n) is 19.0. The first-order valence-corrected chi connectivity index (χ1v) is 32.6. The molecular weight excluding hydrogens is 1100 g/mol. The summed E-state index contributed by atoms with van der Waals surface area (Å²) in [5.74, 6) is 1.55. The summed E-state index contributed by atoms with van der Waals surface area (Å²) in [5.41, 5.74) is 20.7. The summed E-state index contributed by atoms with van der Waals surface area (Å²) in [6.45, 7) is 0. The lowest BCUT2D eigenvalue weighted by atomic mass is 9.60. The molecule has 2 unspecified atom stereocenters. The van der Waals surface area contributed by atoms with Gasteiger partial charge in [-0.15, -0.1) is 0 Å². The summed E-state index contributed by atoms with van der Waals surface area (Å²) in [4.78, 5) is 16.7. The molecule has 0 spiro atoms. The number of para-hydroxylation sites is 3. The Bertz CT molecular complexity index is 5340. The average Bonchev–Trinajstić information content (AvgIpc) is 1.27. The zero-order valence-corrected chi connectivity index (χ0v) is 49.4. The van der Waals surface area contributed by atoms with Crippen LogP contribution in [-0.2, 0) is 0 Å². The van der Waals surface area contributed by atoms with Gasteiger partial charge in [-0.2, -0.15) is 9.97 Å². The SMILES string of the molecule is c1ccc(-c2cccc([Si](c3ccccc3)(c3cccc(-c4ccccc4)c3)c3cccc4c3C3c5ccccc5C4c4cccc(-c5ccccc5-c5nc(-c6ccc7oc8ccccc8c7c6)nc(-n6c7ccccc7c7ccccc76)n5)c43)c2)cc1. The Balaban J connectivity index is 0.892. The lowest BCUT2D eigenvalue weighted by Gasteiger charge is -2.47. The Hall–Kier alpha value is -11.3. The highest BCUT2D eigenvalue weighted by Crippen LogP contribution is 2.58. The molecule has 0 N–H and O–H groups in total. The van der Waals surface area contributed by atoms with E-state index in [4.69, 9.17) is 19.4 Å². The predicted molar refractivity (Wildman–Crippen MR) is 367 cm³/mol. The maximum absolute atomic E-state index is 6.37. The molecule has 0 saturated heterocycles. The zero-order chi connectivity index (χ0) is 58.6. The van der Waals surface area contributed by atoms with Crippen molar-refractivity contribution in [2.75, 3.05) is 0 Å². The van der Waals surface area contributed by atoms with Crippen molar-refractivity contribution in [2.24, 2.45) is 0 Å². The molecule has 0 amide bonds. The number of furan rings is 1. The van der Waals surface area contributed by atoms with E-state index in [1.165, 1.54) is 81.9 Å². The van der Waals surface area contributed by atoms with Crippen molar-refractivity contribution in [1.29, 1.82) is 0 Å². The number of rotatable bonds is 10. The molecular formula is C83H54N4OSi. The molecule has 2 atom stereocenters. The second-order valence-corrected chi connectivity index (χ2v) is 27.4. The molecule has 6 heteroatoms. The highest BCUT2D eigenvalue weighted by Gasteiger charge is 2.50. The van der Waals surface area contributed by atoms with Gasteiger partial charge in [0.15, 0.2) is 19.7 Å². The van der Waals surface area contributed by atoms with E-state index in [1.54, 1.807) is 0 Å². The Labute approximate surface area is 516 Å². The molecule has 2 bridgehead atoms. The third-order valence-corrected chi connectivity index (χ3v) is 23.8. The van der Waals surface area contributed by atoms with E-state index in [2.05, 4.69) is 302 Å². The van der Waals surface area contributed by atoms with E-state index in [0.29, 0.717) is 17.6 Å². The average molecular weight is 1150 g/mol. The van der Waals surface area contributed by atoms with Crippen molar-refractivity contribution in [3.05, 3.63) is 349 Å². The molecule has 0 saturated carbocycles. The lowest BCUT2D eigenvalue weighted by molar-refractivity contribution is 0.669. The number of aromatic nitrogens is 4. The van der Waals surface area contributed by atoms with Crippen molar-refractivity contribution in [1.82, 2.24) is 19.5 Å². The molecule has 19 rings (SSSR count). The van der Waals surface area contributed by atoms with Gasteiger partial charge in [0.05, 0.1) is 11.0 Å². The van der Waals surface area contributed by atoms with Crippen LogP contribution in [0.3, 0.4) is 0 Å². The Morgan fingerprint density at radius 1 is 0.292 bits per heavy atom. The highest BCUT2D eigenvalue weighted by molar-refractivity contribution is 7.20. The molecule has 3 aliphatic rings. The Kier molecular flexibility index (Phi) is 11.7. The maximum atomic E-state index is 6.37. The molecule has 3 heterocycles. The van der Waals surface area contributed by atoms with E-state index in [0.717, 1.165) is 60.4 Å². The van der Waals surface area contributed by atoms with Crippen LogP contribution in [0.2, 0.25) is 0 Å². The van der Waals surface area contributed by atoms with E-state index in [9.17, 15) is 0 Å². The second kappa shape index (κ2) is 20.4. The van der Waals surface area contributed by atoms with Crippen molar-refractivity contribution < 1.29 is 4.42 Å². The van der Waals surface area contributed by atoms with Gasteiger partial charge in [-0.05, 0) is 124 Å². The van der Waals surface area contributed by atoms with Crippen LogP contribution in [0.25, 0.3) is 106 Å². The van der Waals surface area contributed by atoms with Crippen LogP contribution in [0.4, 0.5) is 0 Å². The first-order chi connectivity index (χ1) is 44.2. The van der Waals surface area contributed by atoms with Crippen LogP contribution in [0.15, 0.2) is 320 Å². The predicted octanol–water partition coefficient (Wildman–Crippen LogP) is 17.6. The van der Waals surface area contributed by atoms with Crippen molar-refractivity contribution >= 4 is 72.6 Å². The van der Waals surface area contributed by atoms with E-state index in [-0.39, 0.29) is 11.8 Å². The largest absolute Gasteiger partial charge is 0.456 e. The summed E-state index contributed by atoms with van der Waals surface area (Å²) in [6, 6.07) is 116. The van der Waals surface area contributed by atoms with Crippen LogP contribution >= 0.6 is 0 Å². The lowest BCUT2D eigenvalue weighted by Crippen LogP contribution is -2.75. The first kappa shape index (κ1) is 51.0. The third kappa shape index (κ3) is 7.90. The van der Waals surface area contributed by atoms with Crippen molar-refractivity contribution in [3.8, 4) is 62.1 Å². The zero-order valence-electron chi connectivity index (χ0n) is 48.4. The Morgan fingerprint density at radius 3 is 1.46 bits per heavy atom. The van der Waals surface area contributed by atoms with Gasteiger partial charge in [0.25, 0.3) is 0 Å². The normalized spacial score (nSPS) is 14.1. The number of hydrogen-bond acceptors (Lipinski definition) is 4. The van der Waals surface area contributed by atoms with Crippen molar-refractivity contribution in [3.63, 3.8) is 0 Å². The number of hydrogen-bond donors (Lipinski definition) is 0. The van der Waals surface area contributed by atoms with Gasteiger partial charge in [0.2, 0.25) is 5.95 Å². The molecule has 13 aromatic carbocycles. The smallest absolute Gasteiger partial charge is 0.238 e. The van der Waals surface area contributed by atoms with Crippen LogP contribution in [0.1, 0.15) is 45.2 Å². The van der Waals surface area contributed by atoms with E-state index < -0.39 is 8.07 Å². The summed E-state index contributed by atoms with van der Waals surface area (Å²) in [5, 5.41) is 9.73. The van der Waals surface area contributed by atoms with Crippen molar-refractivity contribution in [2.45, 2.75) is 11.8 Å². The standard InChI is InChI=1S/C83H54N4OSi/c1-4-24-53(25-5-1)55-28-20-32-59(50-55)89(58-30-8-3-9-31-58,60-33-21-29-56(51-60)54-26-6-2-7-27-54)76-47-23-43-70-77-66-38-11-12-39-67(66)80(79(70)76)78-65(41-22-42-69(77)78)61-34-10-13-40-68(61)82-84-81(57-48-49-75-71(52-57)64-37-16-19-46-74(64)88-75)85-83(86-82)87-72-44-17-14-35-62(72)63-36-15-18-45-73(63)87/h1-52,77,80H. The second-order valence-electron chi connectivity index (χ2n) is 23.6. The minimum atomic E-state index is -3.32. The fourth-order valence-corrected chi connectivity index (χ4v) is 20.4. The quantitative estimate of drug-likeness (QED) is 0.101. The number of benzene rings is 13. The van der Waals surface area contributed by atoms with Gasteiger partial charge < -0.3 is 4.42 Å². The molecule has 416 valence electrons. The first-order valence-electron chi connectivity index (χ1n) is 30.6. The van der Waals surface area contributed by atoms with Crippen LogP contribution in [-0.4, -0.2) is 27.6 Å². The van der Waals surface area contributed by atoms with Gasteiger partial charge in [-0.3, -0.25) is 4.57 Å². The minimum Gasteiger partial charge on any atom is -0.456 e. The minimum absolute atomic E-state index is 0.0263. The molecule has 3 aromatic heterocycles. The molecule has 0 fully saturated rings. The fraction of sp³-hybridized carbons (Fsp3) is 0.0241. The summed E-state index contributed by atoms with van der Waals surface area (Å²) >= 11 is 0. The topological polar surface area (TPSA) is 56.7 Å². The van der Waals surface area contributed by atoms with Gasteiger partial charge in [0, 0.05) is 44.5 Å². The van der Waals surface area contributed by atoms with Crippen LogP contribution in [0, 0.1) is 0 Å². The molecule has 5 nitrogen and oxygen atoms in total. The summed E-state index contributed by atoms with van der Waals surface area (Å²) in [7, 11) is -3.32. The monoisotopic (exact) mass is 1150 g/mol. The van der Waals surface area contributed by atoms with Crippen LogP contribution < -0.4 is 20.7 Å². The molecule has 0 aliphatic heterocycles. The van der Waals surface area contributed by atoms with Crippen LogP contribution in [0.5, 0.6) is 0 Å². The van der Waals surface area contributed by atoms with E-state index >= 15 is 0 Å². The number of nitrogens with zero attached hydrogens (tertiary/aromatic N) is 4. The van der Waals surface area contributed by atoms with Gasteiger partial charge in [-0.1, -0.05) is 279 Å². The van der Waals surface area contributed by atoms with Gasteiger partial charge >= 0.3 is 0 Å². The highest BCUT2D eigenvalue weighted by atomic mass is 28.3. The fourth-order valence-electron chi connectivity index (χ4n) is 15.3. The molecule has 0 radical (unpaired) electrons.